The lowest BCUT2D eigenvalue weighted by Crippen LogP contribution is -2.32. The van der Waals surface area contributed by atoms with E-state index in [1.165, 1.54) is 9.21 Å². The SMILES string of the molecule is CCOc1ccc(-c2noc(CN(C)C(=O)CCCN(c3ccc(OC)cc3)S(C)(=O)=O)n2)cc1. The van der Waals surface area contributed by atoms with Crippen molar-refractivity contribution in [3.8, 4) is 22.9 Å². The minimum Gasteiger partial charge on any atom is -0.497 e. The highest BCUT2D eigenvalue weighted by Gasteiger charge is 2.19. The van der Waals surface area contributed by atoms with Gasteiger partial charge in [0.25, 0.3) is 0 Å². The molecule has 0 aliphatic carbocycles. The van der Waals surface area contributed by atoms with Crippen molar-refractivity contribution in [3.05, 3.63) is 54.4 Å². The topological polar surface area (TPSA) is 115 Å². The van der Waals surface area contributed by atoms with Gasteiger partial charge in [-0.2, -0.15) is 4.98 Å². The Hall–Kier alpha value is -3.60. The summed E-state index contributed by atoms with van der Waals surface area (Å²) in [7, 11) is -0.325. The number of ether oxygens (including phenoxy) is 2. The Morgan fingerprint density at radius 3 is 2.31 bits per heavy atom. The Kier molecular flexibility index (Phi) is 8.69. The van der Waals surface area contributed by atoms with Crippen LogP contribution in [0.3, 0.4) is 0 Å². The molecule has 10 nitrogen and oxygen atoms in total. The van der Waals surface area contributed by atoms with E-state index in [2.05, 4.69) is 10.1 Å². The summed E-state index contributed by atoms with van der Waals surface area (Å²) >= 11 is 0. The number of nitrogens with zero attached hydrogens (tertiary/aromatic N) is 4. The van der Waals surface area contributed by atoms with Gasteiger partial charge >= 0.3 is 0 Å². The van der Waals surface area contributed by atoms with Gasteiger partial charge in [0.05, 0.1) is 32.2 Å². The van der Waals surface area contributed by atoms with Crippen molar-refractivity contribution in [1.82, 2.24) is 15.0 Å². The smallest absolute Gasteiger partial charge is 0.246 e. The number of rotatable bonds is 12. The first-order valence-electron chi connectivity index (χ1n) is 11.1. The zero-order valence-corrected chi connectivity index (χ0v) is 21.1. The number of carbonyl (C=O) groups is 1. The molecule has 0 spiro atoms. The van der Waals surface area contributed by atoms with Gasteiger partial charge in [-0.15, -0.1) is 0 Å². The Bertz CT molecular complexity index is 1210. The van der Waals surface area contributed by atoms with Crippen LogP contribution in [-0.2, 0) is 21.4 Å². The molecule has 11 heteroatoms. The summed E-state index contributed by atoms with van der Waals surface area (Å²) in [5.41, 5.74) is 1.29. The number of hydrogen-bond donors (Lipinski definition) is 0. The van der Waals surface area contributed by atoms with E-state index in [0.29, 0.717) is 36.2 Å². The Morgan fingerprint density at radius 1 is 1.06 bits per heavy atom. The molecule has 0 unspecified atom stereocenters. The fourth-order valence-corrected chi connectivity index (χ4v) is 4.36. The lowest BCUT2D eigenvalue weighted by Gasteiger charge is -2.23. The molecule has 1 amide bonds. The van der Waals surface area contributed by atoms with Crippen LogP contribution in [0.1, 0.15) is 25.7 Å². The third kappa shape index (κ3) is 7.19. The first-order valence-corrected chi connectivity index (χ1v) is 13.0. The molecule has 1 heterocycles. The third-order valence-electron chi connectivity index (χ3n) is 5.20. The predicted molar refractivity (Wildman–Crippen MR) is 132 cm³/mol. The molecule has 0 saturated carbocycles. The average Bonchev–Trinajstić information content (AvgIpc) is 3.30. The van der Waals surface area contributed by atoms with Gasteiger partial charge in [-0.3, -0.25) is 9.10 Å². The molecule has 3 rings (SSSR count). The number of carbonyl (C=O) groups excluding carboxylic acids is 1. The Labute approximate surface area is 205 Å². The van der Waals surface area contributed by atoms with Crippen LogP contribution in [0.25, 0.3) is 11.4 Å². The molecule has 0 saturated heterocycles. The van der Waals surface area contributed by atoms with Gasteiger partial charge in [0.1, 0.15) is 11.5 Å². The van der Waals surface area contributed by atoms with Crippen LogP contribution >= 0.6 is 0 Å². The molecule has 0 aliphatic heterocycles. The van der Waals surface area contributed by atoms with Crippen LogP contribution < -0.4 is 13.8 Å². The second-order valence-corrected chi connectivity index (χ2v) is 9.76. The van der Waals surface area contributed by atoms with E-state index >= 15 is 0 Å². The van der Waals surface area contributed by atoms with Crippen molar-refractivity contribution in [1.29, 1.82) is 0 Å². The second-order valence-electron chi connectivity index (χ2n) is 7.86. The van der Waals surface area contributed by atoms with E-state index < -0.39 is 10.0 Å². The maximum atomic E-state index is 12.6. The molecule has 3 aromatic rings. The predicted octanol–water partition coefficient (Wildman–Crippen LogP) is 3.35. The summed E-state index contributed by atoms with van der Waals surface area (Å²) in [5, 5.41) is 3.99. The molecule has 1 aromatic heterocycles. The minimum absolute atomic E-state index is 0.150. The number of hydrogen-bond acceptors (Lipinski definition) is 8. The van der Waals surface area contributed by atoms with Gasteiger partial charge in [-0.1, -0.05) is 5.16 Å². The van der Waals surface area contributed by atoms with Crippen molar-refractivity contribution in [2.24, 2.45) is 0 Å². The number of methoxy groups -OCH3 is 1. The normalized spacial score (nSPS) is 11.2. The quantitative estimate of drug-likeness (QED) is 0.370. The summed E-state index contributed by atoms with van der Waals surface area (Å²) in [6.45, 7) is 2.82. The maximum absolute atomic E-state index is 12.6. The highest BCUT2D eigenvalue weighted by Crippen LogP contribution is 2.23. The first-order chi connectivity index (χ1) is 16.7. The van der Waals surface area contributed by atoms with Crippen LogP contribution in [0, 0.1) is 0 Å². The lowest BCUT2D eigenvalue weighted by atomic mass is 10.2. The molecule has 188 valence electrons. The van der Waals surface area contributed by atoms with E-state index in [9.17, 15) is 13.2 Å². The molecule has 0 radical (unpaired) electrons. The van der Waals surface area contributed by atoms with Crippen LogP contribution in [0.4, 0.5) is 5.69 Å². The van der Waals surface area contributed by atoms with Gasteiger partial charge in [0, 0.05) is 25.6 Å². The highest BCUT2D eigenvalue weighted by molar-refractivity contribution is 7.92. The maximum Gasteiger partial charge on any atom is 0.246 e. The third-order valence-corrected chi connectivity index (χ3v) is 6.40. The molecule has 35 heavy (non-hydrogen) atoms. The highest BCUT2D eigenvalue weighted by atomic mass is 32.2. The minimum atomic E-state index is -3.51. The summed E-state index contributed by atoms with van der Waals surface area (Å²) < 4.78 is 41.7. The summed E-state index contributed by atoms with van der Waals surface area (Å²) in [5.74, 6) is 1.96. The van der Waals surface area contributed by atoms with Crippen LogP contribution in [0.15, 0.2) is 53.1 Å². The monoisotopic (exact) mass is 502 g/mol. The van der Waals surface area contributed by atoms with Crippen LogP contribution in [0.5, 0.6) is 11.5 Å². The fraction of sp³-hybridized carbons (Fsp3) is 0.375. The van der Waals surface area contributed by atoms with Gasteiger partial charge in [-0.05, 0) is 61.9 Å². The largest absolute Gasteiger partial charge is 0.497 e. The molecule has 0 N–H and O–H groups in total. The first kappa shape index (κ1) is 26.0. The molecule has 0 fully saturated rings. The van der Waals surface area contributed by atoms with Crippen molar-refractivity contribution in [3.63, 3.8) is 0 Å². The van der Waals surface area contributed by atoms with E-state index in [1.54, 1.807) is 38.4 Å². The summed E-state index contributed by atoms with van der Waals surface area (Å²) in [6, 6.07) is 14.1. The van der Waals surface area contributed by atoms with E-state index in [-0.39, 0.29) is 25.4 Å². The zero-order chi connectivity index (χ0) is 25.4. The van der Waals surface area contributed by atoms with Gasteiger partial charge < -0.3 is 18.9 Å². The number of aromatic nitrogens is 2. The second kappa shape index (κ2) is 11.7. The number of benzene rings is 2. The lowest BCUT2D eigenvalue weighted by molar-refractivity contribution is -0.130. The molecule has 0 aliphatic rings. The summed E-state index contributed by atoms with van der Waals surface area (Å²) in [4.78, 5) is 18.5. The van der Waals surface area contributed by atoms with Crippen molar-refractivity contribution in [2.45, 2.75) is 26.3 Å². The van der Waals surface area contributed by atoms with Crippen LogP contribution in [0.2, 0.25) is 0 Å². The zero-order valence-electron chi connectivity index (χ0n) is 20.3. The molecule has 0 bridgehead atoms. The molecule has 2 aromatic carbocycles. The van der Waals surface area contributed by atoms with E-state index in [4.69, 9.17) is 14.0 Å². The molecular formula is C24H30N4O6S. The Balaban J connectivity index is 1.54. The van der Waals surface area contributed by atoms with E-state index in [1.807, 2.05) is 31.2 Å². The molecular weight excluding hydrogens is 472 g/mol. The summed E-state index contributed by atoms with van der Waals surface area (Å²) in [6.07, 6.45) is 1.66. The van der Waals surface area contributed by atoms with Gasteiger partial charge in [0.15, 0.2) is 0 Å². The number of amides is 1. The fourth-order valence-electron chi connectivity index (χ4n) is 3.39. The standard InChI is InChI=1S/C24H30N4O6S/c1-5-33-21-12-8-18(9-13-21)24-25-22(34-26-24)17-27(2)23(29)7-6-16-28(35(4,30)31)19-10-14-20(32-3)15-11-19/h8-15H,5-7,16-17H2,1-4H3. The Morgan fingerprint density at radius 2 is 1.71 bits per heavy atom. The number of anilines is 1. The number of sulfonamides is 1. The van der Waals surface area contributed by atoms with Gasteiger partial charge in [0.2, 0.25) is 27.6 Å². The van der Waals surface area contributed by atoms with Crippen molar-refractivity contribution in [2.75, 3.05) is 37.9 Å². The van der Waals surface area contributed by atoms with Crippen LogP contribution in [-0.4, -0.2) is 62.9 Å². The van der Waals surface area contributed by atoms with Crippen molar-refractivity contribution < 1.29 is 27.2 Å². The average molecular weight is 503 g/mol. The van der Waals surface area contributed by atoms with E-state index in [0.717, 1.165) is 17.6 Å². The molecule has 0 atom stereocenters. The van der Waals surface area contributed by atoms with Gasteiger partial charge in [-0.25, -0.2) is 8.42 Å². The van der Waals surface area contributed by atoms with Crippen molar-refractivity contribution >= 4 is 21.6 Å².